The molecule has 1 fully saturated rings. The number of aliphatic hydroxyl groups excluding tert-OH is 1. The molecule has 0 saturated heterocycles. The van der Waals surface area contributed by atoms with Crippen LogP contribution in [0.3, 0.4) is 0 Å². The molecule has 1 aromatic rings. The van der Waals surface area contributed by atoms with E-state index in [0.29, 0.717) is 17.1 Å². The van der Waals surface area contributed by atoms with E-state index >= 15 is 0 Å². The van der Waals surface area contributed by atoms with Gasteiger partial charge in [-0.2, -0.15) is 0 Å². The summed E-state index contributed by atoms with van der Waals surface area (Å²) in [5, 5.41) is 9.76. The molecule has 1 saturated carbocycles. The van der Waals surface area contributed by atoms with Gasteiger partial charge in [-0.25, -0.2) is 0 Å². The second-order valence-corrected chi connectivity index (χ2v) is 6.05. The minimum absolute atomic E-state index is 0.00298. The Hall–Kier alpha value is -0.580. The van der Waals surface area contributed by atoms with Crippen LogP contribution >= 0.6 is 27.5 Å². The molecule has 1 N–H and O–H groups in total. The maximum atomic E-state index is 12.5. The fourth-order valence-corrected chi connectivity index (χ4v) is 3.06. The average molecular weight is 347 g/mol. The molecular formula is C14H17BrClNO2. The predicted octanol–water partition coefficient (Wildman–Crippen LogP) is 3.48. The smallest absolute Gasteiger partial charge is 0.254 e. The molecule has 3 nitrogen and oxygen atoms in total. The van der Waals surface area contributed by atoms with Crippen LogP contribution in [0.1, 0.15) is 36.0 Å². The molecular weight excluding hydrogens is 330 g/mol. The first-order valence-corrected chi connectivity index (χ1v) is 7.67. The highest BCUT2D eigenvalue weighted by molar-refractivity contribution is 9.10. The summed E-state index contributed by atoms with van der Waals surface area (Å²) in [4.78, 5) is 14.3. The molecule has 1 amide bonds. The van der Waals surface area contributed by atoms with Gasteiger partial charge < -0.3 is 10.0 Å². The molecule has 0 atom stereocenters. The maximum absolute atomic E-state index is 12.5. The number of rotatable bonds is 4. The van der Waals surface area contributed by atoms with Crippen molar-refractivity contribution in [2.75, 3.05) is 13.2 Å². The van der Waals surface area contributed by atoms with Gasteiger partial charge in [0.1, 0.15) is 0 Å². The van der Waals surface area contributed by atoms with E-state index in [-0.39, 0.29) is 18.6 Å². The lowest BCUT2D eigenvalue weighted by Gasteiger charge is -2.28. The number of hydrogen-bond acceptors (Lipinski definition) is 2. The van der Waals surface area contributed by atoms with Crippen molar-refractivity contribution < 1.29 is 9.90 Å². The molecule has 1 aromatic carbocycles. The Morgan fingerprint density at radius 3 is 2.68 bits per heavy atom. The topological polar surface area (TPSA) is 40.5 Å². The van der Waals surface area contributed by atoms with Crippen LogP contribution in [0, 0.1) is 0 Å². The Balaban J connectivity index is 2.20. The summed E-state index contributed by atoms with van der Waals surface area (Å²) in [5.41, 5.74) is 0.608. The molecule has 19 heavy (non-hydrogen) atoms. The lowest BCUT2D eigenvalue weighted by Crippen LogP contribution is -2.40. The summed E-state index contributed by atoms with van der Waals surface area (Å²) in [6, 6.07) is 5.44. The number of halogens is 2. The second-order valence-electron chi connectivity index (χ2n) is 4.79. The van der Waals surface area contributed by atoms with Crippen LogP contribution in [0.25, 0.3) is 0 Å². The second kappa shape index (κ2) is 6.73. The molecule has 2 rings (SSSR count). The lowest BCUT2D eigenvalue weighted by atomic mass is 10.1. The van der Waals surface area contributed by atoms with Gasteiger partial charge in [-0.3, -0.25) is 4.79 Å². The zero-order chi connectivity index (χ0) is 13.8. The number of nitrogens with zero attached hydrogens (tertiary/aromatic N) is 1. The predicted molar refractivity (Wildman–Crippen MR) is 79.5 cm³/mol. The molecule has 1 aliphatic rings. The van der Waals surface area contributed by atoms with Crippen molar-refractivity contribution in [1.29, 1.82) is 0 Å². The molecule has 0 bridgehead atoms. The summed E-state index contributed by atoms with van der Waals surface area (Å²) in [5.74, 6) is -0.0293. The molecule has 0 unspecified atom stereocenters. The van der Waals surface area contributed by atoms with E-state index in [9.17, 15) is 4.79 Å². The van der Waals surface area contributed by atoms with Gasteiger partial charge in [0.05, 0.1) is 11.6 Å². The van der Waals surface area contributed by atoms with Gasteiger partial charge in [0.2, 0.25) is 0 Å². The minimum atomic E-state index is -0.0293. The summed E-state index contributed by atoms with van der Waals surface area (Å²) >= 11 is 9.28. The Morgan fingerprint density at radius 1 is 1.42 bits per heavy atom. The molecule has 1 aliphatic carbocycles. The highest BCUT2D eigenvalue weighted by Gasteiger charge is 2.27. The lowest BCUT2D eigenvalue weighted by molar-refractivity contribution is 0.0638. The van der Waals surface area contributed by atoms with Crippen LogP contribution in [0.2, 0.25) is 5.02 Å². The van der Waals surface area contributed by atoms with Crippen LogP contribution < -0.4 is 0 Å². The largest absolute Gasteiger partial charge is 0.395 e. The number of benzene rings is 1. The van der Waals surface area contributed by atoms with E-state index in [1.165, 1.54) is 0 Å². The minimum Gasteiger partial charge on any atom is -0.395 e. The normalized spacial score (nSPS) is 15.7. The van der Waals surface area contributed by atoms with Crippen molar-refractivity contribution >= 4 is 33.4 Å². The van der Waals surface area contributed by atoms with Crippen LogP contribution in [0.5, 0.6) is 0 Å². The van der Waals surface area contributed by atoms with Gasteiger partial charge in [-0.1, -0.05) is 24.4 Å². The van der Waals surface area contributed by atoms with E-state index < -0.39 is 0 Å². The number of carbonyl (C=O) groups excluding carboxylic acids is 1. The SMILES string of the molecule is O=C(c1ccc(Cl)c(Br)c1)N(CCO)C1CCCC1. The molecule has 0 radical (unpaired) electrons. The molecule has 104 valence electrons. The van der Waals surface area contributed by atoms with E-state index in [4.69, 9.17) is 16.7 Å². The zero-order valence-electron chi connectivity index (χ0n) is 10.6. The number of carbonyl (C=O) groups is 1. The van der Waals surface area contributed by atoms with Crippen molar-refractivity contribution in [2.45, 2.75) is 31.7 Å². The van der Waals surface area contributed by atoms with Gasteiger partial charge in [-0.05, 0) is 47.0 Å². The van der Waals surface area contributed by atoms with Crippen LogP contribution in [0.4, 0.5) is 0 Å². The van der Waals surface area contributed by atoms with Crippen LogP contribution in [-0.4, -0.2) is 35.1 Å². The van der Waals surface area contributed by atoms with Crippen LogP contribution in [0.15, 0.2) is 22.7 Å². The first-order valence-electron chi connectivity index (χ1n) is 6.50. The third kappa shape index (κ3) is 3.50. The van der Waals surface area contributed by atoms with Gasteiger partial charge in [0.15, 0.2) is 0 Å². The fourth-order valence-electron chi connectivity index (χ4n) is 2.57. The van der Waals surface area contributed by atoms with Gasteiger partial charge in [-0.15, -0.1) is 0 Å². The first-order chi connectivity index (χ1) is 9.13. The third-order valence-electron chi connectivity index (χ3n) is 3.53. The van der Waals surface area contributed by atoms with Crippen molar-refractivity contribution in [2.24, 2.45) is 0 Å². The van der Waals surface area contributed by atoms with Gasteiger partial charge >= 0.3 is 0 Å². The molecule has 5 heteroatoms. The summed E-state index contributed by atoms with van der Waals surface area (Å²) in [6.07, 6.45) is 4.37. The summed E-state index contributed by atoms with van der Waals surface area (Å²) < 4.78 is 0.718. The molecule has 0 aliphatic heterocycles. The number of aliphatic hydroxyl groups is 1. The molecule has 0 aromatic heterocycles. The van der Waals surface area contributed by atoms with Gasteiger partial charge in [0, 0.05) is 22.6 Å². The van der Waals surface area contributed by atoms with Crippen molar-refractivity contribution in [3.05, 3.63) is 33.3 Å². The van der Waals surface area contributed by atoms with Crippen LogP contribution in [-0.2, 0) is 0 Å². The Kier molecular flexibility index (Phi) is 5.25. The van der Waals surface area contributed by atoms with Crippen molar-refractivity contribution in [3.8, 4) is 0 Å². The standard InChI is InChI=1S/C14H17BrClNO2/c15-12-9-10(5-6-13(12)16)14(19)17(7-8-18)11-3-1-2-4-11/h5-6,9,11,18H,1-4,7-8H2. The van der Waals surface area contributed by atoms with Crippen molar-refractivity contribution in [3.63, 3.8) is 0 Å². The summed E-state index contributed by atoms with van der Waals surface area (Å²) in [6.45, 7) is 0.390. The van der Waals surface area contributed by atoms with E-state index in [1.807, 2.05) is 0 Å². The van der Waals surface area contributed by atoms with E-state index in [1.54, 1.807) is 23.1 Å². The monoisotopic (exact) mass is 345 g/mol. The Bertz CT molecular complexity index is 461. The third-order valence-corrected chi connectivity index (χ3v) is 4.75. The fraction of sp³-hybridized carbons (Fsp3) is 0.500. The van der Waals surface area contributed by atoms with E-state index in [2.05, 4.69) is 15.9 Å². The maximum Gasteiger partial charge on any atom is 0.254 e. The quantitative estimate of drug-likeness (QED) is 0.907. The molecule has 0 spiro atoms. The summed E-state index contributed by atoms with van der Waals surface area (Å²) in [7, 11) is 0. The number of hydrogen-bond donors (Lipinski definition) is 1. The first kappa shape index (κ1) is 14.8. The zero-order valence-corrected chi connectivity index (χ0v) is 13.0. The Labute approximate surface area is 126 Å². The number of amides is 1. The highest BCUT2D eigenvalue weighted by atomic mass is 79.9. The van der Waals surface area contributed by atoms with Crippen molar-refractivity contribution in [1.82, 2.24) is 4.90 Å². The average Bonchev–Trinajstić information content (AvgIpc) is 2.92. The van der Waals surface area contributed by atoms with Gasteiger partial charge in [0.25, 0.3) is 5.91 Å². The Morgan fingerprint density at radius 2 is 2.11 bits per heavy atom. The highest BCUT2D eigenvalue weighted by Crippen LogP contribution is 2.27. The molecule has 0 heterocycles. The van der Waals surface area contributed by atoms with E-state index in [0.717, 1.165) is 30.2 Å².